The van der Waals surface area contributed by atoms with Crippen LogP contribution in [0.1, 0.15) is 5.69 Å². The van der Waals surface area contributed by atoms with E-state index in [1.54, 1.807) is 40.9 Å². The second-order valence-corrected chi connectivity index (χ2v) is 7.55. The van der Waals surface area contributed by atoms with E-state index in [-0.39, 0.29) is 12.4 Å². The molecule has 0 bridgehead atoms. The zero-order chi connectivity index (χ0) is 21.1. The number of carbonyl (C=O) groups excluding carboxylic acids is 2. The van der Waals surface area contributed by atoms with Gasteiger partial charge in [0.25, 0.3) is 0 Å². The first kappa shape index (κ1) is 20.0. The summed E-state index contributed by atoms with van der Waals surface area (Å²) in [6.07, 6.45) is 0.456. The Balaban J connectivity index is 1.37. The number of fused-ring (bicyclic) bond motifs is 1. The van der Waals surface area contributed by atoms with Gasteiger partial charge in [0.1, 0.15) is 5.82 Å². The van der Waals surface area contributed by atoms with Crippen LogP contribution in [-0.2, 0) is 16.0 Å². The lowest BCUT2D eigenvalue weighted by Gasteiger charge is -2.07. The molecule has 152 valence electrons. The molecular weight excluding hydrogens is 429 g/mol. The average molecular weight is 444 g/mol. The van der Waals surface area contributed by atoms with Crippen molar-refractivity contribution in [1.29, 1.82) is 0 Å². The Morgan fingerprint density at radius 1 is 1.10 bits per heavy atom. The van der Waals surface area contributed by atoms with Gasteiger partial charge >= 0.3 is 11.8 Å². The fourth-order valence-corrected chi connectivity index (χ4v) is 3.78. The molecule has 7 nitrogen and oxygen atoms in total. The number of para-hydroxylation sites is 1. The number of nitrogens with one attached hydrogen (secondary N) is 2. The van der Waals surface area contributed by atoms with Gasteiger partial charge in [0.2, 0.25) is 4.96 Å². The van der Waals surface area contributed by atoms with Crippen LogP contribution >= 0.6 is 22.9 Å². The van der Waals surface area contributed by atoms with Crippen LogP contribution in [0, 0.1) is 5.82 Å². The zero-order valence-electron chi connectivity index (χ0n) is 15.4. The van der Waals surface area contributed by atoms with Crippen LogP contribution in [0.5, 0.6) is 0 Å². The number of hydrogen-bond acceptors (Lipinski definition) is 5. The molecule has 0 fully saturated rings. The molecule has 10 heteroatoms. The Labute approximate surface area is 179 Å². The molecule has 0 saturated carbocycles. The van der Waals surface area contributed by atoms with Gasteiger partial charge in [-0.2, -0.15) is 4.98 Å². The van der Waals surface area contributed by atoms with E-state index >= 15 is 0 Å². The van der Waals surface area contributed by atoms with Crippen LogP contribution in [0.15, 0.2) is 53.9 Å². The monoisotopic (exact) mass is 443 g/mol. The maximum absolute atomic E-state index is 13.1. The molecule has 2 N–H and O–H groups in total. The third kappa shape index (κ3) is 4.32. The van der Waals surface area contributed by atoms with E-state index in [0.717, 1.165) is 5.69 Å². The molecule has 0 aliphatic heterocycles. The number of amides is 2. The predicted molar refractivity (Wildman–Crippen MR) is 113 cm³/mol. The number of thiazole rings is 1. The number of halogens is 2. The molecule has 2 aromatic heterocycles. The standard InChI is InChI=1S/C20H15ClFN5O2S/c21-15-3-1-2-4-16(15)24-19(29)18(28)23-10-9-14-11-30-20-25-17(26-27(14)20)12-5-7-13(22)8-6-12/h1-8,11H,9-10H2,(H,23,28)(H,24,29). The summed E-state index contributed by atoms with van der Waals surface area (Å²) in [5.41, 5.74) is 1.92. The number of benzene rings is 2. The van der Waals surface area contributed by atoms with Gasteiger partial charge in [0.15, 0.2) is 5.82 Å². The van der Waals surface area contributed by atoms with Crippen molar-refractivity contribution in [2.45, 2.75) is 6.42 Å². The molecule has 0 atom stereocenters. The average Bonchev–Trinajstić information content (AvgIpc) is 3.32. The van der Waals surface area contributed by atoms with Crippen LogP contribution < -0.4 is 10.6 Å². The minimum absolute atomic E-state index is 0.242. The Hall–Kier alpha value is -3.30. The van der Waals surface area contributed by atoms with Crippen LogP contribution in [0.25, 0.3) is 16.3 Å². The summed E-state index contributed by atoms with van der Waals surface area (Å²) in [7, 11) is 0. The Morgan fingerprint density at radius 2 is 1.87 bits per heavy atom. The lowest BCUT2D eigenvalue weighted by atomic mass is 10.2. The molecule has 2 amide bonds. The van der Waals surface area contributed by atoms with Gasteiger partial charge in [-0.15, -0.1) is 16.4 Å². The van der Waals surface area contributed by atoms with E-state index in [9.17, 15) is 14.0 Å². The van der Waals surface area contributed by atoms with E-state index in [1.807, 2.05) is 5.38 Å². The first-order valence-corrected chi connectivity index (χ1v) is 10.2. The van der Waals surface area contributed by atoms with Gasteiger partial charge in [-0.25, -0.2) is 8.91 Å². The summed E-state index contributed by atoms with van der Waals surface area (Å²) in [5, 5.41) is 11.7. The summed E-state index contributed by atoms with van der Waals surface area (Å²) >= 11 is 7.38. The maximum atomic E-state index is 13.1. The highest BCUT2D eigenvalue weighted by molar-refractivity contribution is 7.15. The molecule has 0 unspecified atom stereocenters. The number of rotatable bonds is 5. The highest BCUT2D eigenvalue weighted by Crippen LogP contribution is 2.22. The number of anilines is 1. The third-order valence-electron chi connectivity index (χ3n) is 4.25. The van der Waals surface area contributed by atoms with Crippen molar-refractivity contribution in [2.75, 3.05) is 11.9 Å². The first-order valence-electron chi connectivity index (χ1n) is 8.94. The minimum Gasteiger partial charge on any atom is -0.347 e. The fourth-order valence-electron chi connectivity index (χ4n) is 2.74. The Kier molecular flexibility index (Phi) is 5.73. The number of nitrogens with zero attached hydrogens (tertiary/aromatic N) is 3. The first-order chi connectivity index (χ1) is 14.5. The number of carbonyl (C=O) groups is 2. The molecule has 0 saturated heterocycles. The lowest BCUT2D eigenvalue weighted by molar-refractivity contribution is -0.136. The zero-order valence-corrected chi connectivity index (χ0v) is 17.0. The quantitative estimate of drug-likeness (QED) is 0.462. The molecule has 0 spiro atoms. The van der Waals surface area contributed by atoms with Gasteiger partial charge in [-0.3, -0.25) is 9.59 Å². The van der Waals surface area contributed by atoms with Gasteiger partial charge in [0, 0.05) is 23.9 Å². The second-order valence-electron chi connectivity index (χ2n) is 6.30. The Bertz CT molecular complexity index is 1220. The van der Waals surface area contributed by atoms with E-state index < -0.39 is 11.8 Å². The van der Waals surface area contributed by atoms with E-state index in [2.05, 4.69) is 20.7 Å². The summed E-state index contributed by atoms with van der Waals surface area (Å²) in [4.78, 5) is 29.2. The van der Waals surface area contributed by atoms with Gasteiger partial charge in [-0.05, 0) is 36.4 Å². The third-order valence-corrected chi connectivity index (χ3v) is 5.44. The lowest BCUT2D eigenvalue weighted by Crippen LogP contribution is -2.36. The molecule has 0 aliphatic rings. The highest BCUT2D eigenvalue weighted by atomic mass is 35.5. The smallest absolute Gasteiger partial charge is 0.313 e. The van der Waals surface area contributed by atoms with Crippen LogP contribution in [0.4, 0.5) is 10.1 Å². The van der Waals surface area contributed by atoms with Crippen molar-refractivity contribution < 1.29 is 14.0 Å². The second kappa shape index (κ2) is 8.60. The van der Waals surface area contributed by atoms with Crippen molar-refractivity contribution in [2.24, 2.45) is 0 Å². The summed E-state index contributed by atoms with van der Waals surface area (Å²) in [6, 6.07) is 12.6. The Morgan fingerprint density at radius 3 is 2.63 bits per heavy atom. The van der Waals surface area contributed by atoms with Crippen LogP contribution in [0.3, 0.4) is 0 Å². The van der Waals surface area contributed by atoms with Crippen LogP contribution in [-0.4, -0.2) is 33.0 Å². The predicted octanol–water partition coefficient (Wildman–Crippen LogP) is 3.55. The molecule has 2 aromatic carbocycles. The summed E-state index contributed by atoms with van der Waals surface area (Å²) in [5.74, 6) is -1.38. The SMILES string of the molecule is O=C(NCCc1csc2nc(-c3ccc(F)cc3)nn12)C(=O)Nc1ccccc1Cl. The van der Waals surface area contributed by atoms with E-state index in [1.165, 1.54) is 23.5 Å². The minimum atomic E-state index is -0.794. The largest absolute Gasteiger partial charge is 0.347 e. The summed E-state index contributed by atoms with van der Waals surface area (Å²) in [6.45, 7) is 0.242. The maximum Gasteiger partial charge on any atom is 0.313 e. The topological polar surface area (TPSA) is 88.4 Å². The van der Waals surface area contributed by atoms with Gasteiger partial charge in [0.05, 0.1) is 16.4 Å². The van der Waals surface area contributed by atoms with E-state index in [4.69, 9.17) is 11.6 Å². The highest BCUT2D eigenvalue weighted by Gasteiger charge is 2.16. The molecule has 0 aliphatic carbocycles. The number of hydrogen-bond donors (Lipinski definition) is 2. The molecule has 4 rings (SSSR count). The van der Waals surface area contributed by atoms with Crippen molar-refractivity contribution in [3.8, 4) is 11.4 Å². The number of aromatic nitrogens is 3. The van der Waals surface area contributed by atoms with Crippen LogP contribution in [0.2, 0.25) is 5.02 Å². The van der Waals surface area contributed by atoms with Crippen molar-refractivity contribution in [1.82, 2.24) is 19.9 Å². The molecule has 4 aromatic rings. The molecule has 2 heterocycles. The normalized spacial score (nSPS) is 10.9. The van der Waals surface area contributed by atoms with Crippen molar-refractivity contribution >= 4 is 45.4 Å². The fraction of sp³-hybridized carbons (Fsp3) is 0.100. The van der Waals surface area contributed by atoms with Gasteiger partial charge < -0.3 is 10.6 Å². The van der Waals surface area contributed by atoms with Gasteiger partial charge in [-0.1, -0.05) is 23.7 Å². The van der Waals surface area contributed by atoms with Crippen molar-refractivity contribution in [3.05, 3.63) is 70.4 Å². The molecule has 30 heavy (non-hydrogen) atoms. The molecule has 0 radical (unpaired) electrons. The van der Waals surface area contributed by atoms with E-state index in [0.29, 0.717) is 33.5 Å². The summed E-state index contributed by atoms with van der Waals surface area (Å²) < 4.78 is 14.8. The van der Waals surface area contributed by atoms with Crippen molar-refractivity contribution in [3.63, 3.8) is 0 Å². The molecular formula is C20H15ClFN5O2S.